The Kier molecular flexibility index (Phi) is 5.42. The lowest BCUT2D eigenvalue weighted by atomic mass is 9.96. The van der Waals surface area contributed by atoms with E-state index < -0.39 is 0 Å². The number of aliphatic hydroxyl groups is 1. The third-order valence-corrected chi connectivity index (χ3v) is 5.45. The molecule has 0 spiro atoms. The molecule has 1 heterocycles. The summed E-state index contributed by atoms with van der Waals surface area (Å²) in [5.74, 6) is 0.422. The van der Waals surface area contributed by atoms with E-state index in [1.807, 2.05) is 24.3 Å². The minimum absolute atomic E-state index is 0.0272. The van der Waals surface area contributed by atoms with Gasteiger partial charge < -0.3 is 9.67 Å². The zero-order valence-electron chi connectivity index (χ0n) is 15.0. The average Bonchev–Trinajstić information content (AvgIpc) is 3.05. The van der Waals surface area contributed by atoms with Crippen LogP contribution in [0.1, 0.15) is 39.2 Å². The van der Waals surface area contributed by atoms with Gasteiger partial charge >= 0.3 is 0 Å². The van der Waals surface area contributed by atoms with Crippen LogP contribution in [0.25, 0.3) is 11.0 Å². The lowest BCUT2D eigenvalue weighted by Crippen LogP contribution is -2.03. The van der Waals surface area contributed by atoms with E-state index in [1.54, 1.807) is 23.7 Å². The number of imidazole rings is 1. The monoisotopic (exact) mass is 420 g/mol. The van der Waals surface area contributed by atoms with Crippen molar-refractivity contribution < 1.29 is 5.11 Å². The number of halogens is 2. The van der Waals surface area contributed by atoms with Crippen LogP contribution in [0.2, 0.25) is 10.0 Å². The van der Waals surface area contributed by atoms with E-state index in [-0.39, 0.29) is 46.3 Å². The Morgan fingerprint density at radius 3 is 2.10 bits per heavy atom. The zero-order chi connectivity index (χ0) is 21.3. The van der Waals surface area contributed by atoms with Gasteiger partial charge in [0.1, 0.15) is 35.6 Å². The maximum absolute atomic E-state index is 9.61. The normalized spacial score (nSPS) is 10.2. The van der Waals surface area contributed by atoms with Gasteiger partial charge in [0.2, 0.25) is 0 Å². The summed E-state index contributed by atoms with van der Waals surface area (Å²) in [5, 5.41) is 48.2. The van der Waals surface area contributed by atoms with Crippen molar-refractivity contribution >= 4 is 34.2 Å². The summed E-state index contributed by atoms with van der Waals surface area (Å²) in [7, 11) is 1.64. The highest BCUT2D eigenvalue weighted by Crippen LogP contribution is 2.33. The zero-order valence-corrected chi connectivity index (χ0v) is 16.5. The molecule has 0 saturated heterocycles. The van der Waals surface area contributed by atoms with E-state index >= 15 is 0 Å². The quantitative estimate of drug-likeness (QED) is 0.689. The van der Waals surface area contributed by atoms with Crippen LogP contribution in [0.4, 0.5) is 0 Å². The summed E-state index contributed by atoms with van der Waals surface area (Å²) in [6.45, 7) is -0.264. The van der Waals surface area contributed by atoms with Crippen LogP contribution in [0.5, 0.6) is 0 Å². The predicted molar refractivity (Wildman–Crippen MR) is 105 cm³/mol. The van der Waals surface area contributed by atoms with Gasteiger partial charge in [-0.2, -0.15) is 21.0 Å². The first-order chi connectivity index (χ1) is 13.9. The van der Waals surface area contributed by atoms with Crippen LogP contribution in [0.15, 0.2) is 12.1 Å². The van der Waals surface area contributed by atoms with Gasteiger partial charge in [0.25, 0.3) is 0 Å². The SMILES string of the molecule is Cn1c(Cc2c(Cl)ccc(CO)c2Cl)nc2c(C#N)c(C#N)c(C#N)c(C#N)c21. The molecule has 0 radical (unpaired) electrons. The Morgan fingerprint density at radius 1 is 0.966 bits per heavy atom. The fourth-order valence-electron chi connectivity index (χ4n) is 3.18. The van der Waals surface area contributed by atoms with Gasteiger partial charge in [-0.05, 0) is 17.2 Å². The van der Waals surface area contributed by atoms with Gasteiger partial charge in [-0.3, -0.25) is 0 Å². The Hall–Kier alpha value is -3.59. The van der Waals surface area contributed by atoms with Crippen LogP contribution in [0, 0.1) is 45.3 Å². The van der Waals surface area contributed by atoms with Crippen molar-refractivity contribution in [3.8, 4) is 24.3 Å². The predicted octanol–water partition coefficient (Wildman–Crippen LogP) is 3.45. The number of fused-ring (bicyclic) bond motifs is 1. The highest BCUT2D eigenvalue weighted by molar-refractivity contribution is 6.36. The van der Waals surface area contributed by atoms with Crippen molar-refractivity contribution in [1.29, 1.82) is 21.0 Å². The summed E-state index contributed by atoms with van der Waals surface area (Å²) in [4.78, 5) is 4.46. The van der Waals surface area contributed by atoms with Crippen molar-refractivity contribution in [2.45, 2.75) is 13.0 Å². The molecule has 1 aromatic heterocycles. The molecule has 0 aliphatic carbocycles. The van der Waals surface area contributed by atoms with Crippen molar-refractivity contribution in [2.75, 3.05) is 0 Å². The van der Waals surface area contributed by atoms with E-state index in [0.717, 1.165) is 0 Å². The summed E-state index contributed by atoms with van der Waals surface area (Å²) < 4.78 is 1.58. The molecule has 29 heavy (non-hydrogen) atoms. The summed E-state index contributed by atoms with van der Waals surface area (Å²) in [5.41, 5.74) is 1.02. The molecule has 0 fully saturated rings. The summed E-state index contributed by atoms with van der Waals surface area (Å²) >= 11 is 12.6. The lowest BCUT2D eigenvalue weighted by molar-refractivity contribution is 0.282. The van der Waals surface area contributed by atoms with Gasteiger partial charge in [0, 0.05) is 18.5 Å². The molecule has 0 bridgehead atoms. The topological polar surface area (TPSA) is 133 Å². The van der Waals surface area contributed by atoms with Crippen molar-refractivity contribution in [3.63, 3.8) is 0 Å². The standard InChI is InChI=1S/C20H10Cl2N6O/c1-28-17(4-11-16(21)3-2-10(9-29)18(11)22)27-19-14(7-25)12(5-23)13(6-24)15(8-26)20(19)28/h2-3,29H,4,9H2,1H3. The Bertz CT molecular complexity index is 1350. The number of aromatic nitrogens is 2. The van der Waals surface area contributed by atoms with Gasteiger partial charge in [-0.1, -0.05) is 29.3 Å². The molecule has 0 amide bonds. The number of benzene rings is 2. The molecule has 0 unspecified atom stereocenters. The molecule has 9 heteroatoms. The number of nitrogens with zero attached hydrogens (tertiary/aromatic N) is 6. The van der Waals surface area contributed by atoms with Gasteiger partial charge in [-0.15, -0.1) is 0 Å². The van der Waals surface area contributed by atoms with Crippen LogP contribution in [-0.2, 0) is 20.1 Å². The molecule has 7 nitrogen and oxygen atoms in total. The van der Waals surface area contributed by atoms with E-state index in [0.29, 0.717) is 27.0 Å². The fraction of sp³-hybridized carbons (Fsp3) is 0.150. The lowest BCUT2D eigenvalue weighted by Gasteiger charge is -2.10. The molecule has 3 rings (SSSR count). The van der Waals surface area contributed by atoms with E-state index in [9.17, 15) is 26.2 Å². The molecular weight excluding hydrogens is 411 g/mol. The average molecular weight is 421 g/mol. The minimum Gasteiger partial charge on any atom is -0.392 e. The van der Waals surface area contributed by atoms with Crippen LogP contribution in [-0.4, -0.2) is 14.7 Å². The molecule has 3 aromatic rings. The highest BCUT2D eigenvalue weighted by atomic mass is 35.5. The Labute approximate surface area is 175 Å². The van der Waals surface area contributed by atoms with Crippen LogP contribution < -0.4 is 0 Å². The van der Waals surface area contributed by atoms with Gasteiger partial charge in [0.05, 0.1) is 39.4 Å². The van der Waals surface area contributed by atoms with Crippen LogP contribution in [0.3, 0.4) is 0 Å². The van der Waals surface area contributed by atoms with E-state index in [2.05, 4.69) is 4.98 Å². The second-order valence-corrected chi connectivity index (χ2v) is 6.85. The number of hydrogen-bond donors (Lipinski definition) is 1. The van der Waals surface area contributed by atoms with Crippen LogP contribution >= 0.6 is 23.2 Å². The molecule has 140 valence electrons. The minimum atomic E-state index is -0.264. The van der Waals surface area contributed by atoms with E-state index in [1.165, 1.54) is 0 Å². The molecule has 1 N–H and O–H groups in total. The Balaban J connectivity index is 2.36. The number of aliphatic hydroxyl groups excluding tert-OH is 1. The molecule has 0 aliphatic rings. The first-order valence-corrected chi connectivity index (χ1v) is 8.91. The molecular formula is C20H10Cl2N6O. The fourth-order valence-corrected chi connectivity index (χ4v) is 3.74. The number of rotatable bonds is 3. The van der Waals surface area contributed by atoms with Gasteiger partial charge in [-0.25, -0.2) is 4.98 Å². The largest absolute Gasteiger partial charge is 0.392 e. The molecule has 2 aromatic carbocycles. The second-order valence-electron chi connectivity index (χ2n) is 6.07. The summed E-state index contributed by atoms with van der Waals surface area (Å²) in [6.07, 6.45) is 0.149. The molecule has 0 saturated carbocycles. The number of aryl methyl sites for hydroxylation is 1. The summed E-state index contributed by atoms with van der Waals surface area (Å²) in [6, 6.07) is 10.8. The van der Waals surface area contributed by atoms with Crippen molar-refractivity contribution in [1.82, 2.24) is 9.55 Å². The van der Waals surface area contributed by atoms with Crippen molar-refractivity contribution in [2.24, 2.45) is 7.05 Å². The third kappa shape index (κ3) is 3.05. The number of hydrogen-bond acceptors (Lipinski definition) is 6. The maximum atomic E-state index is 9.61. The van der Waals surface area contributed by atoms with Gasteiger partial charge in [0.15, 0.2) is 0 Å². The maximum Gasteiger partial charge on any atom is 0.114 e. The first kappa shape index (κ1) is 20.2. The first-order valence-electron chi connectivity index (χ1n) is 8.15. The second kappa shape index (κ2) is 7.80. The number of nitriles is 4. The highest BCUT2D eigenvalue weighted by Gasteiger charge is 2.25. The molecule has 0 aliphatic heterocycles. The van der Waals surface area contributed by atoms with E-state index in [4.69, 9.17) is 23.2 Å². The Morgan fingerprint density at radius 2 is 1.55 bits per heavy atom. The third-order valence-electron chi connectivity index (χ3n) is 4.63. The molecule has 0 atom stereocenters. The smallest absolute Gasteiger partial charge is 0.114 e. The van der Waals surface area contributed by atoms with Crippen molar-refractivity contribution in [3.05, 3.63) is 61.4 Å².